The van der Waals surface area contributed by atoms with E-state index in [1.165, 1.54) is 12.8 Å². The maximum Gasteiger partial charge on any atom is 0.316 e. The molecular formula is C12H16O3. The van der Waals surface area contributed by atoms with Gasteiger partial charge in [0.2, 0.25) is 0 Å². The normalized spacial score (nSPS) is 44.5. The second kappa shape index (κ2) is 3.32. The number of carbonyl (C=O) groups excluding carboxylic acids is 2. The Bertz CT molecular complexity index is 282. The Labute approximate surface area is 89.2 Å². The summed E-state index contributed by atoms with van der Waals surface area (Å²) in [6, 6.07) is 0. The van der Waals surface area contributed by atoms with Gasteiger partial charge in [0.05, 0.1) is 11.8 Å². The zero-order valence-electron chi connectivity index (χ0n) is 8.78. The van der Waals surface area contributed by atoms with Crippen molar-refractivity contribution < 1.29 is 14.3 Å². The Kier molecular flexibility index (Phi) is 2.08. The second-order valence-electron chi connectivity index (χ2n) is 5.15. The Hall–Kier alpha value is -0.860. The number of carbonyl (C=O) groups is 2. The summed E-state index contributed by atoms with van der Waals surface area (Å²) in [6.45, 7) is 0. The van der Waals surface area contributed by atoms with Crippen molar-refractivity contribution in [3.63, 3.8) is 0 Å². The van der Waals surface area contributed by atoms with Crippen LogP contribution in [0, 0.1) is 23.7 Å². The number of hydrogen-bond acceptors (Lipinski definition) is 3. The van der Waals surface area contributed by atoms with Gasteiger partial charge in [-0.05, 0) is 24.7 Å². The molecule has 0 amide bonds. The average Bonchev–Trinajstić information content (AvgIpc) is 2.25. The molecule has 1 aliphatic heterocycles. The molecule has 0 aromatic heterocycles. The van der Waals surface area contributed by atoms with Crippen molar-refractivity contribution in [2.75, 3.05) is 0 Å². The van der Waals surface area contributed by atoms with Crippen molar-refractivity contribution in [3.05, 3.63) is 0 Å². The standard InChI is InChI=1S/C12H16O3/c13-11-8-5-1-3-7-4-2-6-9(10(7)8)12(14)15-11/h7-10H,1-6H2/t7?,8-,9+,10?. The quantitative estimate of drug-likeness (QED) is 0.451. The van der Waals surface area contributed by atoms with Crippen LogP contribution in [0.15, 0.2) is 0 Å². The van der Waals surface area contributed by atoms with Gasteiger partial charge >= 0.3 is 11.9 Å². The maximum absolute atomic E-state index is 11.6. The first-order valence-corrected chi connectivity index (χ1v) is 6.03. The summed E-state index contributed by atoms with van der Waals surface area (Å²) in [5, 5.41) is 0. The van der Waals surface area contributed by atoms with Crippen LogP contribution in [0.25, 0.3) is 0 Å². The molecule has 0 bridgehead atoms. The highest BCUT2D eigenvalue weighted by atomic mass is 16.6. The van der Waals surface area contributed by atoms with Crippen LogP contribution in [0.1, 0.15) is 38.5 Å². The van der Waals surface area contributed by atoms with Crippen molar-refractivity contribution in [3.8, 4) is 0 Å². The van der Waals surface area contributed by atoms with Crippen LogP contribution in [0.4, 0.5) is 0 Å². The summed E-state index contributed by atoms with van der Waals surface area (Å²) in [7, 11) is 0. The fourth-order valence-corrected chi connectivity index (χ4v) is 3.85. The van der Waals surface area contributed by atoms with Crippen molar-refractivity contribution >= 4 is 11.9 Å². The fraction of sp³-hybridized carbons (Fsp3) is 0.833. The van der Waals surface area contributed by atoms with Gasteiger partial charge in [-0.15, -0.1) is 0 Å². The molecule has 2 unspecified atom stereocenters. The van der Waals surface area contributed by atoms with E-state index in [0.717, 1.165) is 25.7 Å². The summed E-state index contributed by atoms with van der Waals surface area (Å²) < 4.78 is 4.86. The molecule has 4 atom stereocenters. The van der Waals surface area contributed by atoms with Crippen molar-refractivity contribution in [2.24, 2.45) is 23.7 Å². The molecule has 1 saturated heterocycles. The van der Waals surface area contributed by atoms with Crippen LogP contribution < -0.4 is 0 Å². The van der Waals surface area contributed by atoms with Gasteiger partial charge in [-0.3, -0.25) is 9.59 Å². The molecule has 3 aliphatic rings. The van der Waals surface area contributed by atoms with Gasteiger partial charge in [-0.2, -0.15) is 0 Å². The largest absolute Gasteiger partial charge is 0.393 e. The lowest BCUT2D eigenvalue weighted by Crippen LogP contribution is -2.49. The molecule has 1 heterocycles. The minimum Gasteiger partial charge on any atom is -0.393 e. The minimum absolute atomic E-state index is 0.0340. The Balaban J connectivity index is 1.94. The lowest BCUT2D eigenvalue weighted by Gasteiger charge is -2.46. The van der Waals surface area contributed by atoms with Crippen molar-refractivity contribution in [1.29, 1.82) is 0 Å². The number of ether oxygens (including phenoxy) is 1. The van der Waals surface area contributed by atoms with E-state index < -0.39 is 0 Å². The predicted octanol–water partition coefficient (Wildman–Crippen LogP) is 1.90. The first kappa shape index (κ1) is 9.37. The zero-order valence-corrected chi connectivity index (χ0v) is 8.78. The number of rotatable bonds is 0. The molecule has 0 N–H and O–H groups in total. The monoisotopic (exact) mass is 208 g/mol. The van der Waals surface area contributed by atoms with Crippen LogP contribution >= 0.6 is 0 Å². The molecular weight excluding hydrogens is 192 g/mol. The lowest BCUT2D eigenvalue weighted by molar-refractivity contribution is -0.183. The van der Waals surface area contributed by atoms with Gasteiger partial charge in [0.15, 0.2) is 0 Å². The summed E-state index contributed by atoms with van der Waals surface area (Å²) >= 11 is 0. The smallest absolute Gasteiger partial charge is 0.316 e. The van der Waals surface area contributed by atoms with E-state index in [2.05, 4.69) is 0 Å². The van der Waals surface area contributed by atoms with E-state index in [9.17, 15) is 9.59 Å². The summed E-state index contributed by atoms with van der Waals surface area (Å²) in [5.41, 5.74) is 0. The number of hydrogen-bond donors (Lipinski definition) is 0. The molecule has 2 saturated carbocycles. The molecule has 0 radical (unpaired) electrons. The van der Waals surface area contributed by atoms with E-state index in [-0.39, 0.29) is 23.8 Å². The van der Waals surface area contributed by atoms with Gasteiger partial charge in [0.1, 0.15) is 0 Å². The van der Waals surface area contributed by atoms with Crippen molar-refractivity contribution in [2.45, 2.75) is 38.5 Å². The van der Waals surface area contributed by atoms with E-state index >= 15 is 0 Å². The van der Waals surface area contributed by atoms with E-state index in [1.54, 1.807) is 0 Å². The second-order valence-corrected chi connectivity index (χ2v) is 5.15. The topological polar surface area (TPSA) is 43.4 Å². The number of esters is 2. The minimum atomic E-state index is -0.243. The maximum atomic E-state index is 11.6. The molecule has 3 heteroatoms. The Morgan fingerprint density at radius 3 is 1.93 bits per heavy atom. The molecule has 82 valence electrons. The van der Waals surface area contributed by atoms with E-state index in [1.807, 2.05) is 0 Å². The molecule has 3 fully saturated rings. The first-order valence-electron chi connectivity index (χ1n) is 6.03. The summed E-state index contributed by atoms with van der Waals surface area (Å²) in [6.07, 6.45) is 6.54. The first-order chi connectivity index (χ1) is 7.27. The van der Waals surface area contributed by atoms with Crippen LogP contribution in [0.5, 0.6) is 0 Å². The molecule has 3 nitrogen and oxygen atoms in total. The van der Waals surface area contributed by atoms with Crippen LogP contribution in [-0.2, 0) is 14.3 Å². The fourth-order valence-electron chi connectivity index (χ4n) is 3.85. The van der Waals surface area contributed by atoms with Gasteiger partial charge in [-0.1, -0.05) is 25.7 Å². The third kappa shape index (κ3) is 1.32. The van der Waals surface area contributed by atoms with Gasteiger partial charge < -0.3 is 4.74 Å². The van der Waals surface area contributed by atoms with Crippen LogP contribution in [0.2, 0.25) is 0 Å². The van der Waals surface area contributed by atoms with Crippen LogP contribution in [-0.4, -0.2) is 11.9 Å². The average molecular weight is 208 g/mol. The lowest BCUT2D eigenvalue weighted by atomic mass is 9.60. The van der Waals surface area contributed by atoms with Gasteiger partial charge in [-0.25, -0.2) is 0 Å². The van der Waals surface area contributed by atoms with Crippen molar-refractivity contribution in [1.82, 2.24) is 0 Å². The van der Waals surface area contributed by atoms with Gasteiger partial charge in [0, 0.05) is 0 Å². The molecule has 2 aliphatic carbocycles. The van der Waals surface area contributed by atoms with Gasteiger partial charge in [0.25, 0.3) is 0 Å². The summed E-state index contributed by atoms with van der Waals surface area (Å²) in [4.78, 5) is 23.3. The molecule has 15 heavy (non-hydrogen) atoms. The number of cyclic esters (lactones) is 2. The zero-order chi connectivity index (χ0) is 10.4. The highest BCUT2D eigenvalue weighted by molar-refractivity contribution is 5.91. The molecule has 0 aromatic rings. The SMILES string of the molecule is O=C1OC(=O)[C@@H]2CCCC3CCC[C@H]1C32. The highest BCUT2D eigenvalue weighted by Gasteiger charge is 2.51. The third-order valence-corrected chi connectivity index (χ3v) is 4.46. The molecule has 0 aromatic carbocycles. The van der Waals surface area contributed by atoms with E-state index in [4.69, 9.17) is 4.74 Å². The van der Waals surface area contributed by atoms with E-state index in [0.29, 0.717) is 11.8 Å². The highest BCUT2D eigenvalue weighted by Crippen LogP contribution is 2.49. The molecule has 3 rings (SSSR count). The van der Waals surface area contributed by atoms with Crippen LogP contribution in [0.3, 0.4) is 0 Å². The predicted molar refractivity (Wildman–Crippen MR) is 52.8 cm³/mol. The Morgan fingerprint density at radius 1 is 0.867 bits per heavy atom. The summed E-state index contributed by atoms with van der Waals surface area (Å²) in [5.74, 6) is 0.514. The molecule has 0 spiro atoms. The third-order valence-electron chi connectivity index (χ3n) is 4.46. The Morgan fingerprint density at radius 2 is 1.40 bits per heavy atom.